The first-order chi connectivity index (χ1) is 14.4. The molecule has 152 valence electrons. The molecule has 0 fully saturated rings. The Hall–Kier alpha value is -4.14. The molecule has 0 spiro atoms. The van der Waals surface area contributed by atoms with Crippen molar-refractivity contribution in [2.45, 2.75) is 13.5 Å². The quantitative estimate of drug-likeness (QED) is 0.461. The zero-order valence-electron chi connectivity index (χ0n) is 16.0. The SMILES string of the molecule is Cc1ccccc1Cn1c(=O)c(C(=O)NCC(=O)O)c(O)c2nc3ccccc3n21. The average molecular weight is 406 g/mol. The van der Waals surface area contributed by atoms with Crippen LogP contribution in [0.2, 0.25) is 0 Å². The maximum Gasteiger partial charge on any atom is 0.322 e. The van der Waals surface area contributed by atoms with Crippen LogP contribution in [-0.2, 0) is 11.3 Å². The number of aryl methyl sites for hydroxylation is 1. The van der Waals surface area contributed by atoms with Gasteiger partial charge in [0.2, 0.25) is 0 Å². The van der Waals surface area contributed by atoms with E-state index in [0.29, 0.717) is 11.0 Å². The van der Waals surface area contributed by atoms with E-state index in [9.17, 15) is 19.5 Å². The van der Waals surface area contributed by atoms with E-state index in [0.717, 1.165) is 11.1 Å². The summed E-state index contributed by atoms with van der Waals surface area (Å²) in [6.07, 6.45) is 0. The highest BCUT2D eigenvalue weighted by atomic mass is 16.4. The van der Waals surface area contributed by atoms with Crippen LogP contribution in [0.4, 0.5) is 0 Å². The van der Waals surface area contributed by atoms with Crippen LogP contribution >= 0.6 is 0 Å². The van der Waals surface area contributed by atoms with Crippen molar-refractivity contribution in [3.8, 4) is 5.75 Å². The lowest BCUT2D eigenvalue weighted by Gasteiger charge is -2.15. The van der Waals surface area contributed by atoms with Crippen LogP contribution in [0.5, 0.6) is 5.75 Å². The number of hydrogen-bond acceptors (Lipinski definition) is 5. The van der Waals surface area contributed by atoms with Crippen LogP contribution in [0.15, 0.2) is 53.3 Å². The number of aliphatic carboxylic acids is 1. The summed E-state index contributed by atoms with van der Waals surface area (Å²) >= 11 is 0. The number of hydrogen-bond donors (Lipinski definition) is 3. The van der Waals surface area contributed by atoms with Gasteiger partial charge in [0.15, 0.2) is 17.0 Å². The number of amides is 1. The Bertz CT molecular complexity index is 1370. The number of rotatable bonds is 5. The second kappa shape index (κ2) is 7.36. The van der Waals surface area contributed by atoms with E-state index < -0.39 is 35.3 Å². The van der Waals surface area contributed by atoms with E-state index in [1.165, 1.54) is 9.20 Å². The zero-order chi connectivity index (χ0) is 21.4. The molecule has 0 unspecified atom stereocenters. The first kappa shape index (κ1) is 19.2. The summed E-state index contributed by atoms with van der Waals surface area (Å²) in [5, 5.41) is 21.7. The van der Waals surface area contributed by atoms with Crippen molar-refractivity contribution in [1.29, 1.82) is 0 Å². The van der Waals surface area contributed by atoms with E-state index in [1.807, 2.05) is 31.2 Å². The fraction of sp³-hybridized carbons (Fsp3) is 0.143. The first-order valence-electron chi connectivity index (χ1n) is 9.16. The lowest BCUT2D eigenvalue weighted by Crippen LogP contribution is -2.37. The molecular weight excluding hydrogens is 388 g/mol. The van der Waals surface area contributed by atoms with Gasteiger partial charge in [-0.2, -0.15) is 0 Å². The number of nitrogens with zero attached hydrogens (tertiary/aromatic N) is 3. The normalized spacial score (nSPS) is 11.1. The number of aromatic hydroxyl groups is 1. The first-order valence-corrected chi connectivity index (χ1v) is 9.16. The Morgan fingerprint density at radius 1 is 1.10 bits per heavy atom. The third-order valence-corrected chi connectivity index (χ3v) is 4.88. The van der Waals surface area contributed by atoms with Crippen LogP contribution in [-0.4, -0.2) is 42.8 Å². The van der Waals surface area contributed by atoms with E-state index in [1.54, 1.807) is 24.3 Å². The lowest BCUT2D eigenvalue weighted by atomic mass is 10.1. The van der Waals surface area contributed by atoms with Crippen molar-refractivity contribution in [1.82, 2.24) is 19.5 Å². The van der Waals surface area contributed by atoms with Gasteiger partial charge in [-0.05, 0) is 30.2 Å². The van der Waals surface area contributed by atoms with Crippen molar-refractivity contribution < 1.29 is 19.8 Å². The van der Waals surface area contributed by atoms with Crippen LogP contribution in [0.1, 0.15) is 21.5 Å². The van der Waals surface area contributed by atoms with Gasteiger partial charge in [0.1, 0.15) is 6.54 Å². The molecule has 4 aromatic rings. The second-order valence-corrected chi connectivity index (χ2v) is 6.83. The summed E-state index contributed by atoms with van der Waals surface area (Å²) in [7, 11) is 0. The fourth-order valence-corrected chi connectivity index (χ4v) is 3.38. The summed E-state index contributed by atoms with van der Waals surface area (Å²) in [5.74, 6) is -2.84. The highest BCUT2D eigenvalue weighted by Crippen LogP contribution is 2.25. The number of aromatic nitrogens is 3. The summed E-state index contributed by atoms with van der Waals surface area (Å²) in [5.41, 5.74) is 1.65. The topological polar surface area (TPSA) is 126 Å². The minimum atomic E-state index is -1.27. The van der Waals surface area contributed by atoms with Gasteiger partial charge in [0.25, 0.3) is 11.5 Å². The lowest BCUT2D eigenvalue weighted by molar-refractivity contribution is -0.135. The number of carboxylic acids is 1. The highest BCUT2D eigenvalue weighted by molar-refractivity contribution is 6.00. The summed E-state index contributed by atoms with van der Waals surface area (Å²) in [4.78, 5) is 41.0. The molecule has 0 aliphatic heterocycles. The van der Waals surface area contributed by atoms with Crippen LogP contribution < -0.4 is 10.9 Å². The average Bonchev–Trinajstić information content (AvgIpc) is 3.11. The van der Waals surface area contributed by atoms with E-state index in [4.69, 9.17) is 5.11 Å². The Morgan fingerprint density at radius 2 is 1.80 bits per heavy atom. The number of imidazole rings is 1. The number of carbonyl (C=O) groups excluding carboxylic acids is 1. The van der Waals surface area contributed by atoms with E-state index in [-0.39, 0.29) is 12.2 Å². The standard InChI is InChI=1S/C21H18N4O5/c1-12-6-2-3-7-13(12)11-24-21(30)17(20(29)22-10-16(26)27)18(28)19-23-14-8-4-5-9-15(14)25(19)24/h2-9,28H,10-11H2,1H3,(H,22,29)(H,26,27). The molecular formula is C21H18N4O5. The molecule has 30 heavy (non-hydrogen) atoms. The maximum atomic E-state index is 13.3. The van der Waals surface area contributed by atoms with Gasteiger partial charge in [0, 0.05) is 0 Å². The van der Waals surface area contributed by atoms with Gasteiger partial charge in [-0.25, -0.2) is 14.2 Å². The number of para-hydroxylation sites is 2. The molecule has 2 heterocycles. The number of benzene rings is 2. The fourth-order valence-electron chi connectivity index (χ4n) is 3.38. The van der Waals surface area contributed by atoms with Crippen molar-refractivity contribution in [2.24, 2.45) is 0 Å². The molecule has 0 atom stereocenters. The molecule has 4 rings (SSSR count). The van der Waals surface area contributed by atoms with Gasteiger partial charge < -0.3 is 15.5 Å². The van der Waals surface area contributed by atoms with Crippen molar-refractivity contribution in [3.05, 3.63) is 75.6 Å². The Morgan fingerprint density at radius 3 is 2.53 bits per heavy atom. The molecule has 3 N–H and O–H groups in total. The molecule has 0 saturated heterocycles. The molecule has 0 aliphatic carbocycles. The Kier molecular flexibility index (Phi) is 4.71. The summed E-state index contributed by atoms with van der Waals surface area (Å²) < 4.78 is 2.80. The predicted molar refractivity (Wildman–Crippen MR) is 109 cm³/mol. The van der Waals surface area contributed by atoms with E-state index in [2.05, 4.69) is 10.3 Å². The van der Waals surface area contributed by atoms with Gasteiger partial charge in [-0.15, -0.1) is 0 Å². The molecule has 0 radical (unpaired) electrons. The van der Waals surface area contributed by atoms with Crippen molar-refractivity contribution in [3.63, 3.8) is 0 Å². The van der Waals surface area contributed by atoms with Gasteiger partial charge in [-0.3, -0.25) is 14.4 Å². The number of carboxylic acid groups (broad SMARTS) is 1. The smallest absolute Gasteiger partial charge is 0.322 e. The maximum absolute atomic E-state index is 13.3. The third kappa shape index (κ3) is 3.16. The number of nitrogens with one attached hydrogen (secondary N) is 1. The van der Waals surface area contributed by atoms with Gasteiger partial charge in [0.05, 0.1) is 17.6 Å². The molecule has 1 amide bonds. The minimum Gasteiger partial charge on any atom is -0.504 e. The van der Waals surface area contributed by atoms with Gasteiger partial charge in [-0.1, -0.05) is 36.4 Å². The summed E-state index contributed by atoms with van der Waals surface area (Å²) in [6.45, 7) is 1.35. The Labute approximate surface area is 169 Å². The number of carbonyl (C=O) groups is 2. The molecule has 0 bridgehead atoms. The van der Waals surface area contributed by atoms with Crippen LogP contribution in [0.3, 0.4) is 0 Å². The third-order valence-electron chi connectivity index (χ3n) is 4.88. The highest BCUT2D eigenvalue weighted by Gasteiger charge is 2.25. The molecule has 0 aliphatic rings. The van der Waals surface area contributed by atoms with Crippen LogP contribution in [0, 0.1) is 6.92 Å². The van der Waals surface area contributed by atoms with Crippen LogP contribution in [0.25, 0.3) is 16.7 Å². The predicted octanol–water partition coefficient (Wildman–Crippen LogP) is 1.53. The molecule has 2 aromatic heterocycles. The van der Waals surface area contributed by atoms with Crippen molar-refractivity contribution >= 4 is 28.6 Å². The molecule has 9 nitrogen and oxygen atoms in total. The molecule has 0 saturated carbocycles. The summed E-state index contributed by atoms with van der Waals surface area (Å²) in [6, 6.07) is 14.5. The molecule has 9 heteroatoms. The minimum absolute atomic E-state index is 0.0323. The monoisotopic (exact) mass is 406 g/mol. The molecule has 2 aromatic carbocycles. The van der Waals surface area contributed by atoms with Crippen molar-refractivity contribution in [2.75, 3.05) is 6.54 Å². The zero-order valence-corrected chi connectivity index (χ0v) is 16.0. The second-order valence-electron chi connectivity index (χ2n) is 6.83. The van der Waals surface area contributed by atoms with Gasteiger partial charge >= 0.3 is 5.97 Å². The Balaban J connectivity index is 2.01. The van der Waals surface area contributed by atoms with E-state index >= 15 is 0 Å². The largest absolute Gasteiger partial charge is 0.504 e. The number of fused-ring (bicyclic) bond motifs is 3.